The van der Waals surface area contributed by atoms with Gasteiger partial charge in [0.25, 0.3) is 11.6 Å². The van der Waals surface area contributed by atoms with Crippen LogP contribution in [0.3, 0.4) is 0 Å². The molecule has 0 heterocycles. The van der Waals surface area contributed by atoms with E-state index in [1.807, 2.05) is 5.43 Å². The smallest absolute Gasteiger partial charge is 0.318 e. The fourth-order valence-electron chi connectivity index (χ4n) is 1.25. The first-order valence-corrected chi connectivity index (χ1v) is 5.15. The second-order valence-corrected chi connectivity index (χ2v) is 3.51. The predicted molar refractivity (Wildman–Crippen MR) is 70.8 cm³/mol. The minimum atomic E-state index is -1.10. The molecule has 0 radical (unpaired) electrons. The van der Waals surface area contributed by atoms with Crippen LogP contribution in [0.2, 0.25) is 0 Å². The number of nitrogens with two attached hydrogens (primary N) is 1. The van der Waals surface area contributed by atoms with Gasteiger partial charge in [0, 0.05) is 6.07 Å². The lowest BCUT2D eigenvalue weighted by Gasteiger charge is -2.01. The van der Waals surface area contributed by atoms with Crippen LogP contribution < -0.4 is 11.2 Å². The number of nitro groups is 3. The molecule has 116 valence electrons. The Bertz CT molecular complexity index is 698. The summed E-state index contributed by atoms with van der Waals surface area (Å²) in [5, 5.41) is 45.8. The summed E-state index contributed by atoms with van der Waals surface area (Å²) in [6.45, 7) is 0. The third kappa shape index (κ3) is 4.08. The molecule has 0 aliphatic carbocycles. The number of nitrogens with zero attached hydrogens (tertiary/aromatic N) is 5. The highest BCUT2D eigenvalue weighted by Gasteiger charge is 2.23. The number of non-ortho nitro benzene ring substituents is 1. The fraction of sp³-hybridized carbons (Fsp3) is 0. The van der Waals surface area contributed by atoms with Gasteiger partial charge < -0.3 is 10.8 Å². The van der Waals surface area contributed by atoms with Gasteiger partial charge in [-0.25, -0.2) is 15.5 Å². The van der Waals surface area contributed by atoms with Crippen molar-refractivity contribution in [1.29, 1.82) is 0 Å². The molecule has 0 aromatic heterocycles. The zero-order valence-electron chi connectivity index (χ0n) is 10.4. The SMILES string of the molecule is NC(=N[N+](=O)[O-])NN=Cc1cc([N+](=O)[O-])cc([N+](=O)[O-])c1O. The number of hydrazone groups is 2. The number of phenols is 1. The summed E-state index contributed by atoms with van der Waals surface area (Å²) in [6.07, 6.45) is 0.748. The molecule has 0 unspecified atom stereocenters. The molecule has 14 nitrogen and oxygen atoms in total. The van der Waals surface area contributed by atoms with Crippen LogP contribution in [0, 0.1) is 30.3 Å². The minimum absolute atomic E-state index is 0.373. The van der Waals surface area contributed by atoms with Crippen molar-refractivity contribution in [3.8, 4) is 5.75 Å². The van der Waals surface area contributed by atoms with Gasteiger partial charge in [-0.1, -0.05) is 0 Å². The molecule has 0 amide bonds. The molecule has 14 heteroatoms. The molecule has 1 rings (SSSR count). The van der Waals surface area contributed by atoms with E-state index < -0.39 is 38.0 Å². The van der Waals surface area contributed by atoms with Gasteiger partial charge in [0.2, 0.25) is 5.75 Å². The van der Waals surface area contributed by atoms with Crippen molar-refractivity contribution >= 4 is 23.5 Å². The molecule has 0 spiro atoms. The fourth-order valence-corrected chi connectivity index (χ4v) is 1.25. The van der Waals surface area contributed by atoms with Crippen LogP contribution in [0.25, 0.3) is 0 Å². The Morgan fingerprint density at radius 3 is 2.36 bits per heavy atom. The second kappa shape index (κ2) is 6.55. The summed E-state index contributed by atoms with van der Waals surface area (Å²) < 4.78 is 0. The Balaban J connectivity index is 3.16. The maximum Gasteiger partial charge on any atom is 0.318 e. The molecule has 22 heavy (non-hydrogen) atoms. The third-order valence-electron chi connectivity index (χ3n) is 2.08. The molecule has 0 bridgehead atoms. The van der Waals surface area contributed by atoms with Gasteiger partial charge in [0.1, 0.15) is 5.10 Å². The lowest BCUT2D eigenvalue weighted by Crippen LogP contribution is -2.28. The van der Waals surface area contributed by atoms with E-state index in [1.165, 1.54) is 0 Å². The van der Waals surface area contributed by atoms with E-state index in [0.29, 0.717) is 6.07 Å². The Morgan fingerprint density at radius 1 is 1.23 bits per heavy atom. The Labute approximate surface area is 120 Å². The number of nitrogens with one attached hydrogen (secondary N) is 1. The standard InChI is InChI=1S/C8H7N7O7/c9-8(12-15(21)22)11-10-3-4-1-5(13(17)18)2-6(7(4)16)14(19)20/h1-3,16H,(H3,9,11,12). The number of benzene rings is 1. The molecule has 1 aromatic carbocycles. The number of guanidine groups is 1. The molecule has 0 aliphatic heterocycles. The Kier molecular flexibility index (Phi) is 4.83. The van der Waals surface area contributed by atoms with E-state index in [2.05, 4.69) is 10.2 Å². The first-order chi connectivity index (χ1) is 10.2. The number of rotatable bonds is 5. The van der Waals surface area contributed by atoms with Gasteiger partial charge in [0.15, 0.2) is 5.03 Å². The van der Waals surface area contributed by atoms with Gasteiger partial charge in [-0.15, -0.1) is 0 Å². The average molecular weight is 313 g/mol. The highest BCUT2D eigenvalue weighted by Crippen LogP contribution is 2.33. The van der Waals surface area contributed by atoms with Crippen molar-refractivity contribution in [1.82, 2.24) is 5.43 Å². The first kappa shape index (κ1) is 16.2. The van der Waals surface area contributed by atoms with E-state index in [4.69, 9.17) is 5.73 Å². The van der Waals surface area contributed by atoms with E-state index in [-0.39, 0.29) is 5.56 Å². The molecule has 0 atom stereocenters. The van der Waals surface area contributed by atoms with Gasteiger partial charge in [-0.05, 0) is 0 Å². The summed E-state index contributed by atoms with van der Waals surface area (Å²) >= 11 is 0. The monoisotopic (exact) mass is 313 g/mol. The van der Waals surface area contributed by atoms with Crippen molar-refractivity contribution in [2.75, 3.05) is 0 Å². The quantitative estimate of drug-likeness (QED) is 0.279. The summed E-state index contributed by atoms with van der Waals surface area (Å²) in [5.41, 5.74) is 5.00. The van der Waals surface area contributed by atoms with Crippen molar-refractivity contribution in [2.45, 2.75) is 0 Å². The summed E-state index contributed by atoms with van der Waals surface area (Å²) in [7, 11) is 0. The van der Waals surface area contributed by atoms with Crippen molar-refractivity contribution < 1.29 is 20.0 Å². The number of aromatic hydroxyl groups is 1. The van der Waals surface area contributed by atoms with E-state index >= 15 is 0 Å². The molecular formula is C8H7N7O7. The second-order valence-electron chi connectivity index (χ2n) is 3.51. The Hall–Kier alpha value is -3.84. The van der Waals surface area contributed by atoms with Gasteiger partial charge in [-0.3, -0.25) is 20.2 Å². The predicted octanol–water partition coefficient (Wildman–Crippen LogP) is -0.362. The van der Waals surface area contributed by atoms with E-state index in [0.717, 1.165) is 12.3 Å². The zero-order chi connectivity index (χ0) is 16.9. The lowest BCUT2D eigenvalue weighted by atomic mass is 10.1. The largest absolute Gasteiger partial charge is 0.502 e. The lowest BCUT2D eigenvalue weighted by molar-refractivity contribution is -0.485. The van der Waals surface area contributed by atoms with Crippen LogP contribution in [-0.2, 0) is 0 Å². The average Bonchev–Trinajstić information content (AvgIpc) is 2.39. The zero-order valence-corrected chi connectivity index (χ0v) is 10.4. The van der Waals surface area contributed by atoms with Crippen LogP contribution in [0.15, 0.2) is 22.3 Å². The third-order valence-corrected chi connectivity index (χ3v) is 2.08. The number of hydrogen-bond donors (Lipinski definition) is 3. The van der Waals surface area contributed by atoms with Crippen LogP contribution in [-0.4, -0.2) is 32.2 Å². The van der Waals surface area contributed by atoms with Crippen molar-refractivity contribution in [3.63, 3.8) is 0 Å². The van der Waals surface area contributed by atoms with Crippen molar-refractivity contribution in [3.05, 3.63) is 48.0 Å². The molecule has 0 fully saturated rings. The first-order valence-electron chi connectivity index (χ1n) is 5.15. The number of hydrogen-bond acceptors (Lipinski definition) is 8. The molecule has 1 aromatic rings. The maximum absolute atomic E-state index is 10.7. The molecule has 4 N–H and O–H groups in total. The van der Waals surface area contributed by atoms with E-state index in [9.17, 15) is 35.4 Å². The van der Waals surface area contributed by atoms with Crippen LogP contribution in [0.4, 0.5) is 11.4 Å². The minimum Gasteiger partial charge on any atom is -0.502 e. The van der Waals surface area contributed by atoms with Crippen LogP contribution >= 0.6 is 0 Å². The molecular weight excluding hydrogens is 306 g/mol. The summed E-state index contributed by atoms with van der Waals surface area (Å²) in [4.78, 5) is 29.4. The topological polar surface area (TPSA) is 212 Å². The Morgan fingerprint density at radius 2 is 1.86 bits per heavy atom. The highest BCUT2D eigenvalue weighted by atomic mass is 16.7. The van der Waals surface area contributed by atoms with E-state index in [1.54, 1.807) is 0 Å². The molecule has 0 saturated carbocycles. The molecule has 0 saturated heterocycles. The summed E-state index contributed by atoms with van der Waals surface area (Å²) in [6, 6.07) is 1.39. The van der Waals surface area contributed by atoms with Crippen molar-refractivity contribution in [2.24, 2.45) is 15.9 Å². The van der Waals surface area contributed by atoms with Gasteiger partial charge >= 0.3 is 5.69 Å². The molecule has 0 aliphatic rings. The number of phenolic OH excluding ortho intramolecular Hbond substituents is 1. The van der Waals surface area contributed by atoms with Gasteiger partial charge in [-0.2, -0.15) is 5.10 Å². The van der Waals surface area contributed by atoms with Crippen LogP contribution in [0.5, 0.6) is 5.75 Å². The highest BCUT2D eigenvalue weighted by molar-refractivity contribution is 5.88. The maximum atomic E-state index is 10.7. The normalized spacial score (nSPS) is 11.4. The van der Waals surface area contributed by atoms with Crippen LogP contribution in [0.1, 0.15) is 5.56 Å². The summed E-state index contributed by atoms with van der Waals surface area (Å²) in [5.74, 6) is -1.58. The number of nitro benzene ring substituents is 2. The van der Waals surface area contributed by atoms with Gasteiger partial charge in [0.05, 0.1) is 27.7 Å².